The van der Waals surface area contributed by atoms with Crippen LogP contribution in [0.2, 0.25) is 0 Å². The fourth-order valence-corrected chi connectivity index (χ4v) is 3.07. The van der Waals surface area contributed by atoms with Gasteiger partial charge in [0, 0.05) is 18.8 Å². The Labute approximate surface area is 115 Å². The first-order valence-corrected chi connectivity index (χ1v) is 7.32. The molecule has 0 radical (unpaired) electrons. The van der Waals surface area contributed by atoms with Crippen LogP contribution in [0.25, 0.3) is 0 Å². The van der Waals surface area contributed by atoms with E-state index in [1.807, 2.05) is 31.5 Å². The maximum absolute atomic E-state index is 12.6. The van der Waals surface area contributed by atoms with Crippen LogP contribution in [0.3, 0.4) is 0 Å². The molecule has 2 rings (SSSR count). The van der Waals surface area contributed by atoms with Gasteiger partial charge in [0.15, 0.2) is 5.78 Å². The van der Waals surface area contributed by atoms with E-state index in [2.05, 4.69) is 5.10 Å². The summed E-state index contributed by atoms with van der Waals surface area (Å²) in [4.78, 5) is 12.6. The maximum atomic E-state index is 12.6. The van der Waals surface area contributed by atoms with Gasteiger partial charge in [0.25, 0.3) is 0 Å². The first-order valence-electron chi connectivity index (χ1n) is 7.32. The molecule has 1 aromatic heterocycles. The van der Waals surface area contributed by atoms with Gasteiger partial charge in [-0.2, -0.15) is 5.10 Å². The van der Waals surface area contributed by atoms with Crippen LogP contribution in [0.1, 0.15) is 50.9 Å². The molecule has 1 aliphatic rings. The van der Waals surface area contributed by atoms with Crippen molar-refractivity contribution in [2.24, 2.45) is 0 Å². The SMILES string of the molecule is CCOC1(C(=O)Cc2cc(C)nn2CC)CCCC1. The lowest BCUT2D eigenvalue weighted by Crippen LogP contribution is -2.40. The van der Waals surface area contributed by atoms with E-state index in [0.29, 0.717) is 13.0 Å². The third-order valence-electron chi connectivity index (χ3n) is 3.97. The highest BCUT2D eigenvalue weighted by atomic mass is 16.5. The van der Waals surface area contributed by atoms with Crippen LogP contribution in [0.4, 0.5) is 0 Å². The molecule has 0 aliphatic heterocycles. The van der Waals surface area contributed by atoms with Crippen molar-refractivity contribution in [2.45, 2.75) is 65.0 Å². The van der Waals surface area contributed by atoms with E-state index in [9.17, 15) is 4.79 Å². The van der Waals surface area contributed by atoms with Crippen molar-refractivity contribution in [2.75, 3.05) is 6.61 Å². The van der Waals surface area contributed by atoms with Crippen LogP contribution in [0.15, 0.2) is 6.07 Å². The lowest BCUT2D eigenvalue weighted by molar-refractivity contribution is -0.143. The van der Waals surface area contributed by atoms with Crippen LogP contribution in [-0.2, 0) is 22.5 Å². The molecule has 19 heavy (non-hydrogen) atoms. The summed E-state index contributed by atoms with van der Waals surface area (Å²) in [5, 5.41) is 4.40. The maximum Gasteiger partial charge on any atom is 0.170 e. The molecule has 1 fully saturated rings. The number of carbonyl (C=O) groups excluding carboxylic acids is 1. The average molecular weight is 264 g/mol. The highest BCUT2D eigenvalue weighted by Crippen LogP contribution is 2.35. The van der Waals surface area contributed by atoms with Gasteiger partial charge in [-0.15, -0.1) is 0 Å². The van der Waals surface area contributed by atoms with Crippen molar-refractivity contribution in [3.05, 3.63) is 17.5 Å². The van der Waals surface area contributed by atoms with E-state index in [-0.39, 0.29) is 5.78 Å². The van der Waals surface area contributed by atoms with Crippen molar-refractivity contribution >= 4 is 5.78 Å². The highest BCUT2D eigenvalue weighted by molar-refractivity contribution is 5.89. The Morgan fingerprint density at radius 3 is 2.68 bits per heavy atom. The molecule has 0 spiro atoms. The zero-order chi connectivity index (χ0) is 13.9. The third kappa shape index (κ3) is 2.89. The topological polar surface area (TPSA) is 44.1 Å². The molecule has 0 saturated heterocycles. The van der Waals surface area contributed by atoms with Gasteiger partial charge in [0.1, 0.15) is 5.60 Å². The number of nitrogens with zero attached hydrogens (tertiary/aromatic N) is 2. The number of aromatic nitrogens is 2. The van der Waals surface area contributed by atoms with E-state index in [0.717, 1.165) is 43.6 Å². The molecule has 0 N–H and O–H groups in total. The minimum absolute atomic E-state index is 0.224. The van der Waals surface area contributed by atoms with Gasteiger partial charge in [0.2, 0.25) is 0 Å². The molecule has 4 nitrogen and oxygen atoms in total. The van der Waals surface area contributed by atoms with Crippen molar-refractivity contribution in [1.82, 2.24) is 9.78 Å². The van der Waals surface area contributed by atoms with E-state index >= 15 is 0 Å². The number of aryl methyl sites for hydroxylation is 2. The molecular weight excluding hydrogens is 240 g/mol. The summed E-state index contributed by atoms with van der Waals surface area (Å²) in [6, 6.07) is 2.01. The Morgan fingerprint density at radius 1 is 1.42 bits per heavy atom. The second-order valence-electron chi connectivity index (χ2n) is 5.33. The Bertz CT molecular complexity index is 445. The molecule has 0 amide bonds. The summed E-state index contributed by atoms with van der Waals surface area (Å²) in [6.07, 6.45) is 4.38. The largest absolute Gasteiger partial charge is 0.367 e. The van der Waals surface area contributed by atoms with Gasteiger partial charge in [-0.25, -0.2) is 0 Å². The number of hydrogen-bond donors (Lipinski definition) is 0. The second kappa shape index (κ2) is 5.87. The molecule has 1 saturated carbocycles. The summed E-state index contributed by atoms with van der Waals surface area (Å²) in [5.41, 5.74) is 1.46. The minimum Gasteiger partial charge on any atom is -0.367 e. The molecule has 0 atom stereocenters. The van der Waals surface area contributed by atoms with E-state index in [4.69, 9.17) is 4.74 Å². The van der Waals surface area contributed by atoms with Gasteiger partial charge < -0.3 is 4.74 Å². The number of rotatable bonds is 6. The summed E-state index contributed by atoms with van der Waals surface area (Å²) >= 11 is 0. The second-order valence-corrected chi connectivity index (χ2v) is 5.33. The van der Waals surface area contributed by atoms with Crippen molar-refractivity contribution in [3.63, 3.8) is 0 Å². The van der Waals surface area contributed by atoms with Crippen LogP contribution >= 0.6 is 0 Å². The monoisotopic (exact) mass is 264 g/mol. The predicted molar refractivity (Wildman–Crippen MR) is 74.2 cm³/mol. The quantitative estimate of drug-likeness (QED) is 0.793. The Morgan fingerprint density at radius 2 is 2.11 bits per heavy atom. The van der Waals surface area contributed by atoms with Gasteiger partial charge in [0.05, 0.1) is 12.1 Å². The zero-order valence-electron chi connectivity index (χ0n) is 12.2. The molecule has 0 aromatic carbocycles. The molecule has 1 aliphatic carbocycles. The average Bonchev–Trinajstić information content (AvgIpc) is 2.97. The van der Waals surface area contributed by atoms with Crippen LogP contribution in [0.5, 0.6) is 0 Å². The normalized spacial score (nSPS) is 17.8. The van der Waals surface area contributed by atoms with Gasteiger partial charge >= 0.3 is 0 Å². The Balaban J connectivity index is 2.14. The third-order valence-corrected chi connectivity index (χ3v) is 3.97. The lowest BCUT2D eigenvalue weighted by atomic mass is 9.93. The number of ketones is 1. The number of ether oxygens (including phenoxy) is 1. The van der Waals surface area contributed by atoms with Gasteiger partial charge in [-0.05, 0) is 52.5 Å². The molecule has 0 bridgehead atoms. The smallest absolute Gasteiger partial charge is 0.170 e. The van der Waals surface area contributed by atoms with Crippen molar-refractivity contribution in [1.29, 1.82) is 0 Å². The van der Waals surface area contributed by atoms with Crippen molar-refractivity contribution in [3.8, 4) is 0 Å². The van der Waals surface area contributed by atoms with E-state index in [1.54, 1.807) is 0 Å². The molecule has 0 unspecified atom stereocenters. The van der Waals surface area contributed by atoms with Gasteiger partial charge in [-0.1, -0.05) is 0 Å². The van der Waals surface area contributed by atoms with Crippen LogP contribution in [-0.4, -0.2) is 27.8 Å². The molecule has 1 heterocycles. The first kappa shape index (κ1) is 14.3. The van der Waals surface area contributed by atoms with Gasteiger partial charge in [-0.3, -0.25) is 9.48 Å². The number of Topliss-reactive ketones (excluding diaryl/α,β-unsaturated/α-hetero) is 1. The Hall–Kier alpha value is -1.16. The van der Waals surface area contributed by atoms with Crippen LogP contribution in [0, 0.1) is 6.92 Å². The van der Waals surface area contributed by atoms with Crippen LogP contribution < -0.4 is 0 Å². The zero-order valence-corrected chi connectivity index (χ0v) is 12.2. The summed E-state index contributed by atoms with van der Waals surface area (Å²) < 4.78 is 7.74. The minimum atomic E-state index is -0.522. The first-order chi connectivity index (χ1) is 9.11. The molecule has 1 aromatic rings. The Kier molecular flexibility index (Phi) is 4.40. The fraction of sp³-hybridized carbons (Fsp3) is 0.733. The highest BCUT2D eigenvalue weighted by Gasteiger charge is 2.41. The molecule has 4 heteroatoms. The standard InChI is InChI=1S/C15H24N2O2/c1-4-17-13(10-12(3)16-17)11-14(18)15(19-5-2)8-6-7-9-15/h10H,4-9,11H2,1-3H3. The van der Waals surface area contributed by atoms with Crippen molar-refractivity contribution < 1.29 is 9.53 Å². The number of hydrogen-bond acceptors (Lipinski definition) is 3. The molecule has 106 valence electrons. The van der Waals surface area contributed by atoms with E-state index < -0.39 is 5.60 Å². The van der Waals surface area contributed by atoms with E-state index in [1.165, 1.54) is 0 Å². The number of carbonyl (C=O) groups is 1. The summed E-state index contributed by atoms with van der Waals surface area (Å²) in [7, 11) is 0. The summed E-state index contributed by atoms with van der Waals surface area (Å²) in [5.74, 6) is 0.224. The fourth-order valence-electron chi connectivity index (χ4n) is 3.07. The predicted octanol–water partition coefficient (Wildman–Crippen LogP) is 2.67. The lowest BCUT2D eigenvalue weighted by Gasteiger charge is -2.27. The molecular formula is C15H24N2O2. The summed E-state index contributed by atoms with van der Waals surface area (Å²) in [6.45, 7) is 7.39.